The molecule has 106 valence electrons. The molecule has 2 fully saturated rings. The van der Waals surface area contributed by atoms with E-state index in [1.807, 2.05) is 0 Å². The lowest BCUT2D eigenvalue weighted by Crippen LogP contribution is -2.65. The highest BCUT2D eigenvalue weighted by atomic mass is 16.3. The Balaban J connectivity index is 2.42. The van der Waals surface area contributed by atoms with Crippen molar-refractivity contribution in [3.63, 3.8) is 0 Å². The van der Waals surface area contributed by atoms with Gasteiger partial charge in [0.2, 0.25) is 0 Å². The molecule has 2 saturated carbocycles. The van der Waals surface area contributed by atoms with Crippen molar-refractivity contribution in [2.24, 2.45) is 22.7 Å². The summed E-state index contributed by atoms with van der Waals surface area (Å²) in [6, 6.07) is 0. The summed E-state index contributed by atoms with van der Waals surface area (Å²) in [6.45, 7) is 6.43. The minimum atomic E-state index is -1.12. The zero-order chi connectivity index (χ0) is 13.6. The average molecular weight is 256 g/mol. The van der Waals surface area contributed by atoms with Crippen molar-refractivity contribution in [2.45, 2.75) is 58.5 Å². The second-order valence-corrected chi connectivity index (χ2v) is 7.35. The predicted octanol–water partition coefficient (Wildman–Crippen LogP) is 1.94. The molecule has 0 amide bonds. The summed E-state index contributed by atoms with van der Waals surface area (Å²) < 4.78 is 0. The number of hydrogen-bond acceptors (Lipinski definition) is 3. The van der Waals surface area contributed by atoms with Crippen LogP contribution in [-0.2, 0) is 0 Å². The Kier molecular flexibility index (Phi) is 3.54. The van der Waals surface area contributed by atoms with Crippen LogP contribution in [0.15, 0.2) is 0 Å². The Labute approximate surface area is 110 Å². The highest BCUT2D eigenvalue weighted by Crippen LogP contribution is 2.62. The van der Waals surface area contributed by atoms with E-state index in [9.17, 15) is 15.3 Å². The molecule has 0 bridgehead atoms. The van der Waals surface area contributed by atoms with Gasteiger partial charge in [0, 0.05) is 17.9 Å². The van der Waals surface area contributed by atoms with Gasteiger partial charge in [-0.3, -0.25) is 0 Å². The number of aliphatic hydroxyl groups excluding tert-OH is 2. The summed E-state index contributed by atoms with van der Waals surface area (Å²) in [5.41, 5.74) is -1.17. The summed E-state index contributed by atoms with van der Waals surface area (Å²) in [5.74, 6) is 0.247. The van der Waals surface area contributed by atoms with Crippen molar-refractivity contribution in [3.8, 4) is 0 Å². The molecule has 0 saturated heterocycles. The lowest BCUT2D eigenvalue weighted by atomic mass is 9.45. The first-order chi connectivity index (χ1) is 8.32. The topological polar surface area (TPSA) is 60.7 Å². The van der Waals surface area contributed by atoms with Crippen LogP contribution in [0.1, 0.15) is 52.9 Å². The van der Waals surface area contributed by atoms with E-state index in [0.717, 1.165) is 25.7 Å². The normalized spacial score (nSPS) is 47.7. The minimum absolute atomic E-state index is 0.0280. The highest BCUT2D eigenvalue weighted by molar-refractivity contribution is 5.11. The van der Waals surface area contributed by atoms with E-state index in [1.165, 1.54) is 6.42 Å². The Morgan fingerprint density at radius 1 is 1.06 bits per heavy atom. The number of hydrogen-bond donors (Lipinski definition) is 3. The van der Waals surface area contributed by atoms with Crippen LogP contribution in [0.3, 0.4) is 0 Å². The van der Waals surface area contributed by atoms with E-state index in [-0.39, 0.29) is 30.0 Å². The predicted molar refractivity (Wildman–Crippen MR) is 71.1 cm³/mol. The standard InChI is InChI=1S/C15H28O3/c1-13(2)7-4-8-14(3)12(13)6-5-11(9-16)15(14,18)10-17/h11-12,16-18H,4-10H2,1-3H3/t11-,12-,14-,15+/m0/s1. The lowest BCUT2D eigenvalue weighted by molar-refractivity contribution is -0.233. The van der Waals surface area contributed by atoms with Crippen LogP contribution >= 0.6 is 0 Å². The van der Waals surface area contributed by atoms with E-state index in [2.05, 4.69) is 20.8 Å². The van der Waals surface area contributed by atoms with Gasteiger partial charge in [-0.1, -0.05) is 27.2 Å². The third-order valence-corrected chi connectivity index (χ3v) is 6.16. The summed E-state index contributed by atoms with van der Waals surface area (Å²) >= 11 is 0. The maximum absolute atomic E-state index is 11.0. The van der Waals surface area contributed by atoms with Crippen molar-refractivity contribution < 1.29 is 15.3 Å². The third kappa shape index (κ3) is 1.75. The van der Waals surface area contributed by atoms with Gasteiger partial charge in [-0.15, -0.1) is 0 Å². The van der Waals surface area contributed by atoms with Gasteiger partial charge >= 0.3 is 0 Å². The van der Waals surface area contributed by atoms with Gasteiger partial charge in [0.25, 0.3) is 0 Å². The molecule has 0 aromatic heterocycles. The second-order valence-electron chi connectivity index (χ2n) is 7.35. The van der Waals surface area contributed by atoms with Gasteiger partial charge in [-0.25, -0.2) is 0 Å². The van der Waals surface area contributed by atoms with Crippen LogP contribution in [0.25, 0.3) is 0 Å². The van der Waals surface area contributed by atoms with Crippen molar-refractivity contribution in [1.29, 1.82) is 0 Å². The smallest absolute Gasteiger partial charge is 0.0983 e. The Bertz CT molecular complexity index is 315. The van der Waals surface area contributed by atoms with Gasteiger partial charge in [-0.2, -0.15) is 0 Å². The molecule has 4 atom stereocenters. The minimum Gasteiger partial charge on any atom is -0.396 e. The van der Waals surface area contributed by atoms with Crippen molar-refractivity contribution in [1.82, 2.24) is 0 Å². The monoisotopic (exact) mass is 256 g/mol. The first-order valence-corrected chi connectivity index (χ1v) is 7.26. The molecule has 18 heavy (non-hydrogen) atoms. The van der Waals surface area contributed by atoms with Gasteiger partial charge in [-0.05, 0) is 37.0 Å². The SMILES string of the molecule is CC1(C)CCC[C@@]2(C)[C@H]1CC[C@@H](CO)[C@]2(O)CO. The zero-order valence-corrected chi connectivity index (χ0v) is 11.9. The maximum Gasteiger partial charge on any atom is 0.0983 e. The number of aliphatic hydroxyl groups is 3. The molecule has 3 N–H and O–H groups in total. The van der Waals surface area contributed by atoms with Crippen LogP contribution in [-0.4, -0.2) is 34.1 Å². The fourth-order valence-electron chi connectivity index (χ4n) is 4.97. The molecule has 3 heteroatoms. The zero-order valence-electron chi connectivity index (χ0n) is 11.9. The molecule has 0 aliphatic heterocycles. The van der Waals surface area contributed by atoms with Crippen molar-refractivity contribution in [3.05, 3.63) is 0 Å². The van der Waals surface area contributed by atoms with Crippen LogP contribution in [0.4, 0.5) is 0 Å². The molecule has 0 radical (unpaired) electrons. The average Bonchev–Trinajstić information content (AvgIpc) is 2.31. The third-order valence-electron chi connectivity index (χ3n) is 6.16. The Hall–Kier alpha value is -0.120. The molecule has 0 unspecified atom stereocenters. The molecule has 0 aromatic carbocycles. The van der Waals surface area contributed by atoms with E-state index in [1.54, 1.807) is 0 Å². The van der Waals surface area contributed by atoms with Crippen LogP contribution < -0.4 is 0 Å². The van der Waals surface area contributed by atoms with E-state index in [0.29, 0.717) is 5.92 Å². The van der Waals surface area contributed by atoms with E-state index >= 15 is 0 Å². The Morgan fingerprint density at radius 2 is 1.72 bits per heavy atom. The Morgan fingerprint density at radius 3 is 2.28 bits per heavy atom. The number of fused-ring (bicyclic) bond motifs is 1. The largest absolute Gasteiger partial charge is 0.396 e. The van der Waals surface area contributed by atoms with Crippen LogP contribution in [0, 0.1) is 22.7 Å². The maximum atomic E-state index is 11.0. The molecule has 2 aliphatic carbocycles. The van der Waals surface area contributed by atoms with Crippen LogP contribution in [0.5, 0.6) is 0 Å². The first-order valence-electron chi connectivity index (χ1n) is 7.26. The van der Waals surface area contributed by atoms with Crippen molar-refractivity contribution >= 4 is 0 Å². The van der Waals surface area contributed by atoms with Gasteiger partial charge in [0.05, 0.1) is 12.2 Å². The molecular weight excluding hydrogens is 228 g/mol. The molecule has 2 rings (SSSR count). The quantitative estimate of drug-likeness (QED) is 0.707. The van der Waals surface area contributed by atoms with Crippen LogP contribution in [0.2, 0.25) is 0 Å². The highest BCUT2D eigenvalue weighted by Gasteiger charge is 2.61. The summed E-state index contributed by atoms with van der Waals surface area (Å²) in [7, 11) is 0. The summed E-state index contributed by atoms with van der Waals surface area (Å²) in [4.78, 5) is 0. The molecule has 0 aromatic rings. The van der Waals surface area contributed by atoms with Crippen molar-refractivity contribution in [2.75, 3.05) is 13.2 Å². The molecule has 0 spiro atoms. The lowest BCUT2D eigenvalue weighted by Gasteiger charge is -2.62. The fraction of sp³-hybridized carbons (Fsp3) is 1.00. The second kappa shape index (κ2) is 4.46. The van der Waals surface area contributed by atoms with Gasteiger partial charge in [0.1, 0.15) is 0 Å². The van der Waals surface area contributed by atoms with E-state index in [4.69, 9.17) is 0 Å². The van der Waals surface area contributed by atoms with E-state index < -0.39 is 5.60 Å². The summed E-state index contributed by atoms with van der Waals surface area (Å²) in [5, 5.41) is 30.3. The first kappa shape index (κ1) is 14.3. The molecule has 0 heterocycles. The molecule has 2 aliphatic rings. The molecule has 3 nitrogen and oxygen atoms in total. The van der Waals surface area contributed by atoms with Gasteiger partial charge < -0.3 is 15.3 Å². The number of rotatable bonds is 2. The fourth-order valence-corrected chi connectivity index (χ4v) is 4.97. The van der Waals surface area contributed by atoms with Gasteiger partial charge in [0.15, 0.2) is 0 Å². The summed E-state index contributed by atoms with van der Waals surface area (Å²) in [6.07, 6.45) is 5.11. The molecular formula is C15H28O3.